The molecule has 0 unspecified atom stereocenters. The normalized spacial score (nSPS) is 11.9. The predicted molar refractivity (Wildman–Crippen MR) is 59.3 cm³/mol. The van der Waals surface area contributed by atoms with Crippen LogP contribution in [-0.4, -0.2) is 15.7 Å². The van der Waals surface area contributed by atoms with Gasteiger partial charge in [0.2, 0.25) is 0 Å². The summed E-state index contributed by atoms with van der Waals surface area (Å²) in [5, 5.41) is 0. The Kier molecular flexibility index (Phi) is 2.11. The first kappa shape index (κ1) is 9.90. The minimum Gasteiger partial charge on any atom is -0.297 e. The van der Waals surface area contributed by atoms with Crippen LogP contribution in [0.25, 0.3) is 5.65 Å². The fourth-order valence-electron chi connectivity index (χ4n) is 1.68. The van der Waals surface area contributed by atoms with Crippen LogP contribution >= 0.6 is 0 Å². The van der Waals surface area contributed by atoms with Gasteiger partial charge in [0.05, 0.1) is 5.69 Å². The van der Waals surface area contributed by atoms with Crippen LogP contribution in [0, 0.1) is 0 Å². The van der Waals surface area contributed by atoms with E-state index in [1.54, 1.807) is 0 Å². The Balaban J connectivity index is 2.81. The smallest absolute Gasteiger partial charge is 0.168 e. The highest BCUT2D eigenvalue weighted by Crippen LogP contribution is 2.24. The number of imidazole rings is 1. The molecule has 0 spiro atoms. The van der Waals surface area contributed by atoms with Gasteiger partial charge in [0.25, 0.3) is 0 Å². The lowest BCUT2D eigenvalue weighted by Crippen LogP contribution is -2.14. The van der Waals surface area contributed by atoms with Crippen molar-refractivity contribution in [2.24, 2.45) is 0 Å². The highest BCUT2D eigenvalue weighted by atomic mass is 16.1. The Bertz CT molecular complexity index is 506. The molecule has 0 radical (unpaired) electrons. The number of aldehydes is 1. The molecule has 0 aliphatic heterocycles. The van der Waals surface area contributed by atoms with Crippen LogP contribution in [0.1, 0.15) is 37.0 Å². The molecule has 0 N–H and O–H groups in total. The van der Waals surface area contributed by atoms with Crippen LogP contribution in [0.2, 0.25) is 0 Å². The summed E-state index contributed by atoms with van der Waals surface area (Å²) in [7, 11) is 0. The number of hydrogen-bond donors (Lipinski definition) is 0. The zero-order chi connectivity index (χ0) is 11.1. The topological polar surface area (TPSA) is 34.4 Å². The van der Waals surface area contributed by atoms with Crippen molar-refractivity contribution in [3.63, 3.8) is 0 Å². The van der Waals surface area contributed by atoms with Gasteiger partial charge in [-0.25, -0.2) is 4.98 Å². The van der Waals surface area contributed by atoms with E-state index in [0.717, 1.165) is 17.6 Å². The predicted octanol–water partition coefficient (Wildman–Crippen LogP) is 2.44. The van der Waals surface area contributed by atoms with Crippen LogP contribution in [0.3, 0.4) is 0 Å². The average molecular weight is 202 g/mol. The lowest BCUT2D eigenvalue weighted by atomic mass is 9.91. The van der Waals surface area contributed by atoms with E-state index in [1.165, 1.54) is 0 Å². The molecule has 0 aliphatic rings. The molecule has 0 bridgehead atoms. The molecule has 2 heterocycles. The van der Waals surface area contributed by atoms with Crippen molar-refractivity contribution in [1.82, 2.24) is 9.38 Å². The molecule has 0 amide bonds. The van der Waals surface area contributed by atoms with Gasteiger partial charge in [0, 0.05) is 11.6 Å². The molecule has 0 saturated carbocycles. The lowest BCUT2D eigenvalue weighted by Gasteiger charge is -2.15. The van der Waals surface area contributed by atoms with Crippen LogP contribution in [0.15, 0.2) is 24.4 Å². The van der Waals surface area contributed by atoms with E-state index in [9.17, 15) is 4.79 Å². The largest absolute Gasteiger partial charge is 0.297 e. The van der Waals surface area contributed by atoms with E-state index in [-0.39, 0.29) is 5.41 Å². The Labute approximate surface area is 88.8 Å². The Morgan fingerprint density at radius 3 is 2.67 bits per heavy atom. The maximum absolute atomic E-state index is 11.1. The Hall–Kier alpha value is -1.64. The number of fused-ring (bicyclic) bond motifs is 1. The lowest BCUT2D eigenvalue weighted by molar-refractivity contribution is 0.111. The first-order valence-electron chi connectivity index (χ1n) is 4.97. The van der Waals surface area contributed by atoms with E-state index in [2.05, 4.69) is 25.8 Å². The second kappa shape index (κ2) is 3.19. The molecule has 0 aliphatic carbocycles. The van der Waals surface area contributed by atoms with Crippen LogP contribution in [-0.2, 0) is 5.41 Å². The second-order valence-electron chi connectivity index (χ2n) is 4.64. The highest BCUT2D eigenvalue weighted by molar-refractivity contribution is 5.77. The van der Waals surface area contributed by atoms with Gasteiger partial charge < -0.3 is 0 Å². The van der Waals surface area contributed by atoms with E-state index in [1.807, 2.05) is 28.8 Å². The van der Waals surface area contributed by atoms with Gasteiger partial charge in [0.15, 0.2) is 6.29 Å². The third-order valence-electron chi connectivity index (χ3n) is 2.39. The summed E-state index contributed by atoms with van der Waals surface area (Å²) in [6.45, 7) is 6.17. The van der Waals surface area contributed by atoms with Crippen LogP contribution in [0.5, 0.6) is 0 Å². The SMILES string of the molecule is CC(C)(C)c1nc2ccccn2c1C=O. The van der Waals surface area contributed by atoms with E-state index in [4.69, 9.17) is 0 Å². The number of rotatable bonds is 1. The van der Waals surface area contributed by atoms with Gasteiger partial charge in [0.1, 0.15) is 11.3 Å². The quantitative estimate of drug-likeness (QED) is 0.666. The molecule has 0 fully saturated rings. The minimum atomic E-state index is -0.109. The number of hydrogen-bond acceptors (Lipinski definition) is 2. The molecule has 3 nitrogen and oxygen atoms in total. The van der Waals surface area contributed by atoms with Crippen LogP contribution in [0.4, 0.5) is 0 Å². The summed E-state index contributed by atoms with van der Waals surface area (Å²) in [6, 6.07) is 5.72. The van der Waals surface area contributed by atoms with Crippen molar-refractivity contribution in [1.29, 1.82) is 0 Å². The van der Waals surface area contributed by atoms with Gasteiger partial charge in [-0.2, -0.15) is 0 Å². The fraction of sp³-hybridized carbons (Fsp3) is 0.333. The maximum Gasteiger partial charge on any atom is 0.168 e. The minimum absolute atomic E-state index is 0.109. The van der Waals surface area contributed by atoms with Crippen molar-refractivity contribution in [2.45, 2.75) is 26.2 Å². The van der Waals surface area contributed by atoms with Gasteiger partial charge >= 0.3 is 0 Å². The standard InChI is InChI=1S/C12H14N2O/c1-12(2,3)11-9(8-15)14-7-5-4-6-10(14)13-11/h4-8H,1-3H3. The Morgan fingerprint density at radius 1 is 1.33 bits per heavy atom. The van der Waals surface area contributed by atoms with Crippen LogP contribution < -0.4 is 0 Å². The summed E-state index contributed by atoms with van der Waals surface area (Å²) in [6.07, 6.45) is 2.74. The summed E-state index contributed by atoms with van der Waals surface area (Å²) in [4.78, 5) is 15.6. The first-order chi connectivity index (χ1) is 7.04. The fourth-order valence-corrected chi connectivity index (χ4v) is 1.68. The summed E-state index contributed by atoms with van der Waals surface area (Å²) >= 11 is 0. The van der Waals surface area contributed by atoms with Crippen molar-refractivity contribution >= 4 is 11.9 Å². The summed E-state index contributed by atoms with van der Waals surface area (Å²) in [5.74, 6) is 0. The van der Waals surface area contributed by atoms with Gasteiger partial charge in [-0.05, 0) is 12.1 Å². The van der Waals surface area contributed by atoms with Crippen molar-refractivity contribution in [3.8, 4) is 0 Å². The summed E-state index contributed by atoms with van der Waals surface area (Å²) in [5.41, 5.74) is 2.22. The molecule has 15 heavy (non-hydrogen) atoms. The highest BCUT2D eigenvalue weighted by Gasteiger charge is 2.23. The molecule has 0 aromatic carbocycles. The average Bonchev–Trinajstić information content (AvgIpc) is 2.55. The monoisotopic (exact) mass is 202 g/mol. The molecule has 0 atom stereocenters. The van der Waals surface area contributed by atoms with E-state index < -0.39 is 0 Å². The first-order valence-corrected chi connectivity index (χ1v) is 4.97. The molecular formula is C12H14N2O. The maximum atomic E-state index is 11.1. The molecule has 2 aromatic heterocycles. The molecule has 78 valence electrons. The zero-order valence-electron chi connectivity index (χ0n) is 9.19. The number of pyridine rings is 1. The summed E-state index contributed by atoms with van der Waals surface area (Å²) < 4.78 is 1.83. The molecule has 2 rings (SSSR count). The van der Waals surface area contributed by atoms with E-state index >= 15 is 0 Å². The number of aromatic nitrogens is 2. The third-order valence-corrected chi connectivity index (χ3v) is 2.39. The van der Waals surface area contributed by atoms with E-state index in [0.29, 0.717) is 5.69 Å². The van der Waals surface area contributed by atoms with Crippen molar-refractivity contribution in [3.05, 3.63) is 35.8 Å². The molecule has 0 saturated heterocycles. The number of nitrogens with zero attached hydrogens (tertiary/aromatic N) is 2. The molecule has 3 heteroatoms. The zero-order valence-corrected chi connectivity index (χ0v) is 9.19. The van der Waals surface area contributed by atoms with Gasteiger partial charge in [-0.3, -0.25) is 9.20 Å². The van der Waals surface area contributed by atoms with Crippen molar-refractivity contribution < 1.29 is 4.79 Å². The second-order valence-corrected chi connectivity index (χ2v) is 4.64. The number of carbonyl (C=O) groups is 1. The Morgan fingerprint density at radius 2 is 2.07 bits per heavy atom. The van der Waals surface area contributed by atoms with Gasteiger partial charge in [-0.1, -0.05) is 26.8 Å². The number of carbonyl (C=O) groups excluding carboxylic acids is 1. The van der Waals surface area contributed by atoms with Gasteiger partial charge in [-0.15, -0.1) is 0 Å². The third kappa shape index (κ3) is 1.54. The molecular weight excluding hydrogens is 188 g/mol. The van der Waals surface area contributed by atoms with Crippen molar-refractivity contribution in [2.75, 3.05) is 0 Å². The molecule has 2 aromatic rings.